The Morgan fingerprint density at radius 3 is 2.74 bits per heavy atom. The maximum atomic E-state index is 9.09. The lowest BCUT2D eigenvalue weighted by Crippen LogP contribution is -1.99. The normalized spacial score (nSPS) is 10.8. The van der Waals surface area contributed by atoms with Gasteiger partial charge in [-0.15, -0.1) is 0 Å². The fourth-order valence-corrected chi connectivity index (χ4v) is 1.73. The quantitative estimate of drug-likeness (QED) is 0.869. The van der Waals surface area contributed by atoms with Gasteiger partial charge in [-0.1, -0.05) is 37.6 Å². The number of hydrogen-bond donors (Lipinski definition) is 1. The highest BCUT2D eigenvalue weighted by Crippen LogP contribution is 2.24. The van der Waals surface area contributed by atoms with Gasteiger partial charge in [0.25, 0.3) is 0 Å². The van der Waals surface area contributed by atoms with Crippen LogP contribution in [-0.2, 0) is 6.61 Å². The maximum absolute atomic E-state index is 9.09. The Balaban J connectivity index is 2.27. The van der Waals surface area contributed by atoms with Gasteiger partial charge in [0.1, 0.15) is 16.7 Å². The minimum Gasteiger partial charge on any atom is -0.439 e. The van der Waals surface area contributed by atoms with Crippen molar-refractivity contribution in [2.75, 3.05) is 0 Å². The van der Waals surface area contributed by atoms with Gasteiger partial charge in [-0.3, -0.25) is 0 Å². The number of aromatic nitrogens is 2. The molecule has 1 aromatic heterocycles. The van der Waals surface area contributed by atoms with Crippen LogP contribution in [0.2, 0.25) is 5.15 Å². The second-order valence-corrected chi connectivity index (χ2v) is 4.84. The lowest BCUT2D eigenvalue weighted by molar-refractivity contribution is 0.281. The molecule has 4 nitrogen and oxygen atoms in total. The molecule has 5 heteroatoms. The first-order valence-corrected chi connectivity index (χ1v) is 6.38. The zero-order valence-electron chi connectivity index (χ0n) is 10.8. The third kappa shape index (κ3) is 3.66. The Labute approximate surface area is 117 Å². The number of aliphatic hydroxyl groups is 1. The third-order valence-electron chi connectivity index (χ3n) is 2.51. The number of rotatable bonds is 4. The van der Waals surface area contributed by atoms with Gasteiger partial charge >= 0.3 is 0 Å². The molecule has 100 valence electrons. The molecule has 1 aromatic carbocycles. The summed E-state index contributed by atoms with van der Waals surface area (Å²) in [6, 6.07) is 8.75. The van der Waals surface area contributed by atoms with Crippen LogP contribution >= 0.6 is 11.6 Å². The monoisotopic (exact) mass is 278 g/mol. The summed E-state index contributed by atoms with van der Waals surface area (Å²) < 4.78 is 5.65. The molecule has 0 atom stereocenters. The molecule has 0 amide bonds. The van der Waals surface area contributed by atoms with Crippen molar-refractivity contribution in [1.82, 2.24) is 9.97 Å². The van der Waals surface area contributed by atoms with E-state index in [2.05, 4.69) is 9.97 Å². The molecule has 19 heavy (non-hydrogen) atoms. The summed E-state index contributed by atoms with van der Waals surface area (Å²) in [5.74, 6) is 1.82. The molecule has 0 spiro atoms. The van der Waals surface area contributed by atoms with E-state index in [1.807, 2.05) is 26.0 Å². The van der Waals surface area contributed by atoms with E-state index in [-0.39, 0.29) is 12.5 Å². The first-order chi connectivity index (χ1) is 9.08. The summed E-state index contributed by atoms with van der Waals surface area (Å²) in [6.45, 7) is 3.95. The Kier molecular flexibility index (Phi) is 4.35. The molecule has 0 unspecified atom stereocenters. The van der Waals surface area contributed by atoms with E-state index in [0.29, 0.717) is 22.6 Å². The molecule has 0 aliphatic rings. The molecular weight excluding hydrogens is 264 g/mol. The second-order valence-electron chi connectivity index (χ2n) is 4.45. The number of nitrogens with zero attached hydrogens (tertiary/aromatic N) is 2. The van der Waals surface area contributed by atoms with Crippen LogP contribution in [0.5, 0.6) is 11.6 Å². The molecule has 0 aliphatic carbocycles. The highest BCUT2D eigenvalue weighted by molar-refractivity contribution is 6.29. The van der Waals surface area contributed by atoms with E-state index < -0.39 is 0 Å². The minimum absolute atomic E-state index is 0.0288. The van der Waals surface area contributed by atoms with E-state index >= 15 is 0 Å². The summed E-state index contributed by atoms with van der Waals surface area (Å²) >= 11 is 5.95. The summed E-state index contributed by atoms with van der Waals surface area (Å²) in [7, 11) is 0. The Hall–Kier alpha value is -1.65. The van der Waals surface area contributed by atoms with E-state index in [9.17, 15) is 0 Å². The molecule has 2 aromatic rings. The zero-order chi connectivity index (χ0) is 13.8. The maximum Gasteiger partial charge on any atom is 0.224 e. The van der Waals surface area contributed by atoms with Crippen molar-refractivity contribution >= 4 is 11.6 Å². The predicted molar refractivity (Wildman–Crippen MR) is 73.6 cm³/mol. The Bertz CT molecular complexity index is 573. The summed E-state index contributed by atoms with van der Waals surface area (Å²) in [5.41, 5.74) is 0.779. The smallest absolute Gasteiger partial charge is 0.224 e. The van der Waals surface area contributed by atoms with Gasteiger partial charge < -0.3 is 9.84 Å². The molecule has 0 aliphatic heterocycles. The van der Waals surface area contributed by atoms with Crippen molar-refractivity contribution in [3.8, 4) is 11.6 Å². The van der Waals surface area contributed by atoms with Crippen molar-refractivity contribution in [2.24, 2.45) is 0 Å². The highest BCUT2D eigenvalue weighted by atomic mass is 35.5. The van der Waals surface area contributed by atoms with E-state index in [1.54, 1.807) is 18.2 Å². The predicted octanol–water partition coefficient (Wildman–Crippen LogP) is 3.54. The number of ether oxygens (including phenoxy) is 1. The summed E-state index contributed by atoms with van der Waals surface area (Å²) in [6.07, 6.45) is 0. The van der Waals surface area contributed by atoms with Crippen molar-refractivity contribution in [1.29, 1.82) is 0 Å². The molecular formula is C14H15ClN2O2. The van der Waals surface area contributed by atoms with Crippen LogP contribution in [0.1, 0.15) is 31.2 Å². The average molecular weight is 279 g/mol. The van der Waals surface area contributed by atoms with Gasteiger partial charge in [-0.05, 0) is 17.7 Å². The van der Waals surface area contributed by atoms with Crippen LogP contribution in [0.3, 0.4) is 0 Å². The summed E-state index contributed by atoms with van der Waals surface area (Å²) in [5, 5.41) is 9.44. The number of halogens is 1. The van der Waals surface area contributed by atoms with Gasteiger partial charge in [0.05, 0.1) is 6.61 Å². The van der Waals surface area contributed by atoms with Crippen LogP contribution in [-0.4, -0.2) is 15.1 Å². The largest absolute Gasteiger partial charge is 0.439 e. The molecule has 1 N–H and O–H groups in total. The molecule has 0 bridgehead atoms. The highest BCUT2D eigenvalue weighted by Gasteiger charge is 2.08. The van der Waals surface area contributed by atoms with Crippen LogP contribution in [0.15, 0.2) is 30.3 Å². The minimum atomic E-state index is -0.0288. The van der Waals surface area contributed by atoms with Crippen molar-refractivity contribution in [2.45, 2.75) is 26.4 Å². The first kappa shape index (κ1) is 13.8. The van der Waals surface area contributed by atoms with Crippen LogP contribution in [0.25, 0.3) is 0 Å². The van der Waals surface area contributed by atoms with Crippen LogP contribution in [0.4, 0.5) is 0 Å². The number of benzene rings is 1. The number of aliphatic hydroxyl groups excluding tert-OH is 1. The van der Waals surface area contributed by atoms with E-state index in [1.165, 1.54) is 0 Å². The number of hydrogen-bond acceptors (Lipinski definition) is 4. The first-order valence-electron chi connectivity index (χ1n) is 6.00. The van der Waals surface area contributed by atoms with E-state index in [0.717, 1.165) is 5.56 Å². The molecule has 0 radical (unpaired) electrons. The molecule has 2 rings (SSSR count). The van der Waals surface area contributed by atoms with Gasteiger partial charge in [0, 0.05) is 12.0 Å². The van der Waals surface area contributed by atoms with Gasteiger partial charge in [-0.25, -0.2) is 4.98 Å². The average Bonchev–Trinajstić information content (AvgIpc) is 2.38. The molecule has 0 saturated heterocycles. The SMILES string of the molecule is CC(C)c1nc(Cl)cc(Oc2cccc(CO)c2)n1. The lowest BCUT2D eigenvalue weighted by atomic mass is 10.2. The fraction of sp³-hybridized carbons (Fsp3) is 0.286. The van der Waals surface area contributed by atoms with Gasteiger partial charge in [0.2, 0.25) is 5.88 Å². The lowest BCUT2D eigenvalue weighted by Gasteiger charge is -2.09. The standard InChI is InChI=1S/C14H15ClN2O2/c1-9(2)14-16-12(15)7-13(17-14)19-11-5-3-4-10(6-11)8-18/h3-7,9,18H,8H2,1-2H3. The molecule has 1 heterocycles. The molecule has 0 saturated carbocycles. The fourth-order valence-electron chi connectivity index (χ4n) is 1.55. The Morgan fingerprint density at radius 2 is 2.05 bits per heavy atom. The molecule has 0 fully saturated rings. The Morgan fingerprint density at radius 1 is 1.26 bits per heavy atom. The van der Waals surface area contributed by atoms with Crippen molar-refractivity contribution in [3.63, 3.8) is 0 Å². The van der Waals surface area contributed by atoms with E-state index in [4.69, 9.17) is 21.4 Å². The van der Waals surface area contributed by atoms with Crippen molar-refractivity contribution < 1.29 is 9.84 Å². The van der Waals surface area contributed by atoms with Crippen LogP contribution in [0, 0.1) is 0 Å². The van der Waals surface area contributed by atoms with Crippen molar-refractivity contribution in [3.05, 3.63) is 46.9 Å². The summed E-state index contributed by atoms with van der Waals surface area (Å²) in [4.78, 5) is 8.45. The third-order valence-corrected chi connectivity index (χ3v) is 2.70. The van der Waals surface area contributed by atoms with Gasteiger partial charge in [0.15, 0.2) is 0 Å². The second kappa shape index (κ2) is 5.99. The van der Waals surface area contributed by atoms with Gasteiger partial charge in [-0.2, -0.15) is 4.98 Å². The topological polar surface area (TPSA) is 55.2 Å². The van der Waals surface area contributed by atoms with Crippen LogP contribution < -0.4 is 4.74 Å². The zero-order valence-corrected chi connectivity index (χ0v) is 11.6.